The highest BCUT2D eigenvalue weighted by molar-refractivity contribution is 7.99. The number of nitrogens with one attached hydrogen (secondary N) is 1. The second kappa shape index (κ2) is 9.14. The number of rotatable bonds is 6. The van der Waals surface area contributed by atoms with Crippen molar-refractivity contribution in [1.29, 1.82) is 0 Å². The highest BCUT2D eigenvalue weighted by atomic mass is 32.2. The Labute approximate surface area is 189 Å². The lowest BCUT2D eigenvalue weighted by Gasteiger charge is -2.14. The highest BCUT2D eigenvalue weighted by Gasteiger charge is 2.23. The number of aryl methyl sites for hydroxylation is 2. The molecule has 1 aliphatic heterocycles. The molecule has 162 valence electrons. The van der Waals surface area contributed by atoms with Gasteiger partial charge in [-0.25, -0.2) is 4.98 Å². The Hall–Kier alpha value is -2.16. The van der Waals surface area contributed by atoms with Crippen LogP contribution in [0.5, 0.6) is 0 Å². The summed E-state index contributed by atoms with van der Waals surface area (Å²) < 4.78 is 7.24. The molecule has 1 saturated heterocycles. The lowest BCUT2D eigenvalue weighted by Crippen LogP contribution is -2.33. The van der Waals surface area contributed by atoms with Gasteiger partial charge in [0.05, 0.1) is 22.9 Å². The van der Waals surface area contributed by atoms with Crippen LogP contribution in [0.4, 0.5) is 0 Å². The minimum atomic E-state index is -0.0695. The Morgan fingerprint density at radius 3 is 2.87 bits per heavy atom. The van der Waals surface area contributed by atoms with Crippen LogP contribution in [0, 0.1) is 0 Å². The van der Waals surface area contributed by atoms with E-state index in [2.05, 4.69) is 5.32 Å². The molecular weight excluding hydrogens is 430 g/mol. The third-order valence-electron chi connectivity index (χ3n) is 5.86. The molecular formula is C23H25N3O3S2. The summed E-state index contributed by atoms with van der Waals surface area (Å²) in [4.78, 5) is 33.0. The summed E-state index contributed by atoms with van der Waals surface area (Å²) in [6, 6.07) is 9.58. The number of benzene rings is 1. The molecule has 5 rings (SSSR count). The van der Waals surface area contributed by atoms with Crippen molar-refractivity contribution in [2.75, 3.05) is 18.9 Å². The van der Waals surface area contributed by atoms with E-state index in [-0.39, 0.29) is 23.3 Å². The lowest BCUT2D eigenvalue weighted by molar-refractivity contribution is -0.119. The molecule has 8 heteroatoms. The number of nitrogens with zero attached hydrogens (tertiary/aromatic N) is 2. The van der Waals surface area contributed by atoms with Crippen LogP contribution in [0.1, 0.15) is 36.1 Å². The number of aromatic nitrogens is 2. The Morgan fingerprint density at radius 2 is 2.06 bits per heavy atom. The molecule has 2 aromatic heterocycles. The lowest BCUT2D eigenvalue weighted by atomic mass is 9.97. The summed E-state index contributed by atoms with van der Waals surface area (Å²) in [5.41, 5.74) is 1.93. The normalized spacial score (nSPS) is 18.3. The van der Waals surface area contributed by atoms with Gasteiger partial charge in [0.15, 0.2) is 5.16 Å². The summed E-state index contributed by atoms with van der Waals surface area (Å²) in [6.45, 7) is 1.31. The molecule has 31 heavy (non-hydrogen) atoms. The maximum Gasteiger partial charge on any atom is 0.267 e. The summed E-state index contributed by atoms with van der Waals surface area (Å²) >= 11 is 2.95. The Morgan fingerprint density at radius 1 is 1.23 bits per heavy atom. The van der Waals surface area contributed by atoms with Crippen LogP contribution < -0.4 is 10.9 Å². The van der Waals surface area contributed by atoms with E-state index in [1.54, 1.807) is 15.9 Å². The van der Waals surface area contributed by atoms with Gasteiger partial charge in [-0.05, 0) is 56.2 Å². The number of hydrogen-bond acceptors (Lipinski definition) is 6. The predicted molar refractivity (Wildman–Crippen MR) is 125 cm³/mol. The van der Waals surface area contributed by atoms with E-state index in [9.17, 15) is 9.59 Å². The largest absolute Gasteiger partial charge is 0.376 e. The standard InChI is InChI=1S/C23H25N3O3S2/c27-19(24-13-16-9-6-12-29-16)14-30-23-25-21-20(17-10-4-5-11-18(17)31-21)22(28)26(23)15-7-2-1-3-8-15/h1-3,7-8,16H,4-6,9-14H2,(H,24,27)/t16-/m0/s1. The molecule has 1 atom stereocenters. The molecule has 2 aliphatic rings. The van der Waals surface area contributed by atoms with E-state index in [0.29, 0.717) is 11.7 Å². The van der Waals surface area contributed by atoms with Crippen molar-refractivity contribution in [2.45, 2.75) is 49.8 Å². The van der Waals surface area contributed by atoms with Crippen molar-refractivity contribution in [3.63, 3.8) is 0 Å². The molecule has 0 bridgehead atoms. The number of fused-ring (bicyclic) bond motifs is 3. The molecule has 0 unspecified atom stereocenters. The molecule has 3 heterocycles. The van der Waals surface area contributed by atoms with Crippen LogP contribution in [-0.2, 0) is 22.4 Å². The Balaban J connectivity index is 1.46. The van der Waals surface area contributed by atoms with Gasteiger partial charge in [0, 0.05) is 18.0 Å². The van der Waals surface area contributed by atoms with Crippen molar-refractivity contribution in [2.24, 2.45) is 0 Å². The van der Waals surface area contributed by atoms with E-state index in [1.807, 2.05) is 30.3 Å². The third kappa shape index (κ3) is 4.29. The topological polar surface area (TPSA) is 73.2 Å². The fourth-order valence-corrected chi connectivity index (χ4v) is 6.45. The SMILES string of the molecule is O=C(CSc1nc2sc3c(c2c(=O)n1-c1ccccc1)CCCC3)NC[C@@H]1CCCO1. The van der Waals surface area contributed by atoms with Crippen molar-refractivity contribution < 1.29 is 9.53 Å². The van der Waals surface area contributed by atoms with E-state index in [0.717, 1.165) is 54.6 Å². The number of carbonyl (C=O) groups is 1. The molecule has 1 fully saturated rings. The molecule has 0 radical (unpaired) electrons. The van der Waals surface area contributed by atoms with Crippen LogP contribution in [-0.4, -0.2) is 40.5 Å². The molecule has 3 aromatic rings. The fourth-order valence-electron chi connectivity index (χ4n) is 4.30. The average molecular weight is 456 g/mol. The zero-order chi connectivity index (χ0) is 21.2. The zero-order valence-corrected chi connectivity index (χ0v) is 18.9. The average Bonchev–Trinajstić information content (AvgIpc) is 3.44. The first kappa shape index (κ1) is 20.7. The molecule has 1 N–H and O–H groups in total. The minimum absolute atomic E-state index is 0.0298. The van der Waals surface area contributed by atoms with E-state index < -0.39 is 0 Å². The Kier molecular flexibility index (Phi) is 6.11. The van der Waals surface area contributed by atoms with Gasteiger partial charge in [-0.15, -0.1) is 11.3 Å². The molecule has 1 aromatic carbocycles. The first-order chi connectivity index (χ1) is 15.2. The van der Waals surface area contributed by atoms with Crippen molar-refractivity contribution in [3.8, 4) is 5.69 Å². The maximum atomic E-state index is 13.6. The summed E-state index contributed by atoms with van der Waals surface area (Å²) in [5, 5.41) is 4.27. The highest BCUT2D eigenvalue weighted by Crippen LogP contribution is 2.35. The van der Waals surface area contributed by atoms with Crippen LogP contribution in [0.25, 0.3) is 15.9 Å². The molecule has 0 saturated carbocycles. The monoisotopic (exact) mass is 455 g/mol. The molecule has 1 aliphatic carbocycles. The van der Waals surface area contributed by atoms with Crippen LogP contribution in [0.3, 0.4) is 0 Å². The third-order valence-corrected chi connectivity index (χ3v) is 7.98. The smallest absolute Gasteiger partial charge is 0.267 e. The Bertz CT molecular complexity index is 1150. The van der Waals surface area contributed by atoms with Gasteiger partial charge in [-0.3, -0.25) is 14.2 Å². The maximum absolute atomic E-state index is 13.6. The number of para-hydroxylation sites is 1. The first-order valence-electron chi connectivity index (χ1n) is 10.8. The van der Waals surface area contributed by atoms with Gasteiger partial charge in [0.25, 0.3) is 5.56 Å². The second-order valence-electron chi connectivity index (χ2n) is 7.99. The number of amides is 1. The van der Waals surface area contributed by atoms with Gasteiger partial charge in [-0.1, -0.05) is 30.0 Å². The minimum Gasteiger partial charge on any atom is -0.376 e. The quantitative estimate of drug-likeness (QED) is 0.453. The van der Waals surface area contributed by atoms with Crippen LogP contribution in [0.2, 0.25) is 0 Å². The summed E-state index contributed by atoms with van der Waals surface area (Å²) in [6.07, 6.45) is 6.40. The van der Waals surface area contributed by atoms with Crippen molar-refractivity contribution in [1.82, 2.24) is 14.9 Å². The first-order valence-corrected chi connectivity index (χ1v) is 12.6. The second-order valence-corrected chi connectivity index (χ2v) is 10.0. The zero-order valence-electron chi connectivity index (χ0n) is 17.3. The number of hydrogen-bond donors (Lipinski definition) is 1. The van der Waals surface area contributed by atoms with Crippen LogP contribution in [0.15, 0.2) is 40.3 Å². The fraction of sp³-hybridized carbons (Fsp3) is 0.435. The molecule has 1 amide bonds. The van der Waals surface area contributed by atoms with E-state index in [4.69, 9.17) is 9.72 Å². The number of thiophene rings is 1. The van der Waals surface area contributed by atoms with Gasteiger partial charge < -0.3 is 10.1 Å². The van der Waals surface area contributed by atoms with Gasteiger partial charge >= 0.3 is 0 Å². The van der Waals surface area contributed by atoms with E-state index >= 15 is 0 Å². The number of thioether (sulfide) groups is 1. The van der Waals surface area contributed by atoms with Crippen LogP contribution >= 0.6 is 23.1 Å². The van der Waals surface area contributed by atoms with Crippen molar-refractivity contribution >= 4 is 39.2 Å². The van der Waals surface area contributed by atoms with Crippen molar-refractivity contribution in [3.05, 3.63) is 51.1 Å². The molecule has 0 spiro atoms. The molecule has 6 nitrogen and oxygen atoms in total. The predicted octanol–water partition coefficient (Wildman–Crippen LogP) is 3.71. The summed E-state index contributed by atoms with van der Waals surface area (Å²) in [5.74, 6) is 0.141. The summed E-state index contributed by atoms with van der Waals surface area (Å²) in [7, 11) is 0. The van der Waals surface area contributed by atoms with Gasteiger partial charge in [-0.2, -0.15) is 0 Å². The van der Waals surface area contributed by atoms with Gasteiger partial charge in [0.2, 0.25) is 5.91 Å². The van der Waals surface area contributed by atoms with E-state index in [1.165, 1.54) is 28.6 Å². The number of ether oxygens (including phenoxy) is 1. The van der Waals surface area contributed by atoms with Gasteiger partial charge in [0.1, 0.15) is 4.83 Å². The number of carbonyl (C=O) groups excluding carboxylic acids is 1.